The van der Waals surface area contributed by atoms with Crippen LogP contribution in [0.4, 0.5) is 5.69 Å². The molecular formula is C20H17N7O3S. The van der Waals surface area contributed by atoms with Gasteiger partial charge in [-0.05, 0) is 42.9 Å². The first-order valence-corrected chi connectivity index (χ1v) is 10.8. The van der Waals surface area contributed by atoms with Crippen molar-refractivity contribution in [3.05, 3.63) is 57.2 Å². The van der Waals surface area contributed by atoms with E-state index in [4.69, 9.17) is 9.40 Å². The average molecular weight is 435 g/mol. The molecule has 0 unspecified atom stereocenters. The van der Waals surface area contributed by atoms with Gasteiger partial charge in [0, 0.05) is 4.88 Å². The Morgan fingerprint density at radius 2 is 2.29 bits per heavy atom. The number of aromatic nitrogens is 6. The third-order valence-electron chi connectivity index (χ3n) is 5.66. The van der Waals surface area contributed by atoms with Crippen LogP contribution in [-0.4, -0.2) is 34.3 Å². The van der Waals surface area contributed by atoms with Crippen LogP contribution in [0.3, 0.4) is 0 Å². The fourth-order valence-electron chi connectivity index (χ4n) is 4.12. The number of hydrogen-bond acceptors (Lipinski definition) is 8. The molecule has 0 amide bonds. The number of furan rings is 1. The normalized spacial score (nSPS) is 16.2. The number of hydrogen-bond donors (Lipinski definition) is 0. The Labute approximate surface area is 179 Å². The van der Waals surface area contributed by atoms with E-state index in [0.29, 0.717) is 23.3 Å². The maximum Gasteiger partial charge on any atom is 0.307 e. The highest BCUT2D eigenvalue weighted by atomic mass is 32.1. The van der Waals surface area contributed by atoms with Crippen LogP contribution >= 0.6 is 11.3 Å². The van der Waals surface area contributed by atoms with Gasteiger partial charge in [0.1, 0.15) is 29.3 Å². The molecule has 0 saturated heterocycles. The highest BCUT2D eigenvalue weighted by molar-refractivity contribution is 7.19. The molecule has 0 aromatic carbocycles. The summed E-state index contributed by atoms with van der Waals surface area (Å²) in [6, 6.07) is 3.60. The molecule has 5 aromatic heterocycles. The highest BCUT2D eigenvalue weighted by Crippen LogP contribution is 2.38. The van der Waals surface area contributed by atoms with E-state index in [-0.39, 0.29) is 12.2 Å². The summed E-state index contributed by atoms with van der Waals surface area (Å²) in [7, 11) is 0. The fourth-order valence-corrected chi connectivity index (χ4v) is 5.46. The van der Waals surface area contributed by atoms with Crippen LogP contribution < -0.4 is 0 Å². The zero-order valence-electron chi connectivity index (χ0n) is 16.6. The smallest absolute Gasteiger partial charge is 0.307 e. The van der Waals surface area contributed by atoms with Crippen molar-refractivity contribution in [2.75, 3.05) is 0 Å². The summed E-state index contributed by atoms with van der Waals surface area (Å²) in [5.74, 6) is 2.32. The predicted octanol–water partition coefficient (Wildman–Crippen LogP) is 3.88. The molecule has 5 aromatic rings. The highest BCUT2D eigenvalue weighted by Gasteiger charge is 2.24. The Balaban J connectivity index is 1.36. The van der Waals surface area contributed by atoms with Gasteiger partial charge in [-0.15, -0.1) is 16.4 Å². The molecule has 156 valence electrons. The molecule has 0 fully saturated rings. The molecule has 1 aliphatic rings. The summed E-state index contributed by atoms with van der Waals surface area (Å²) >= 11 is 1.76. The van der Waals surface area contributed by atoms with Crippen molar-refractivity contribution in [2.24, 2.45) is 5.92 Å². The van der Waals surface area contributed by atoms with Crippen molar-refractivity contribution >= 4 is 32.9 Å². The number of rotatable bonds is 4. The Hall–Kier alpha value is -3.60. The molecule has 0 N–H and O–H groups in total. The van der Waals surface area contributed by atoms with Crippen molar-refractivity contribution in [3.63, 3.8) is 0 Å². The van der Waals surface area contributed by atoms with E-state index in [2.05, 4.69) is 22.1 Å². The van der Waals surface area contributed by atoms with Crippen LogP contribution in [0.1, 0.15) is 29.5 Å². The second kappa shape index (κ2) is 6.71. The molecule has 0 radical (unpaired) electrons. The van der Waals surface area contributed by atoms with E-state index in [0.717, 1.165) is 28.7 Å². The maximum atomic E-state index is 10.8. The Bertz CT molecular complexity index is 1460. The van der Waals surface area contributed by atoms with E-state index in [1.807, 2.05) is 0 Å². The minimum Gasteiger partial charge on any atom is -0.456 e. The zero-order valence-corrected chi connectivity index (χ0v) is 17.4. The van der Waals surface area contributed by atoms with E-state index >= 15 is 0 Å². The second-order valence-corrected chi connectivity index (χ2v) is 8.98. The summed E-state index contributed by atoms with van der Waals surface area (Å²) in [6.07, 6.45) is 7.60. The molecule has 5 heterocycles. The van der Waals surface area contributed by atoms with E-state index in [1.54, 1.807) is 34.3 Å². The lowest BCUT2D eigenvalue weighted by Gasteiger charge is -2.17. The van der Waals surface area contributed by atoms with Gasteiger partial charge in [-0.3, -0.25) is 14.8 Å². The number of thiophene rings is 1. The first-order valence-electron chi connectivity index (χ1n) is 9.96. The number of fused-ring (bicyclic) bond motifs is 5. The lowest BCUT2D eigenvalue weighted by atomic mass is 9.89. The van der Waals surface area contributed by atoms with Crippen LogP contribution in [0.5, 0.6) is 0 Å². The minimum absolute atomic E-state index is 0.0567. The standard InChI is InChI=1S/C20H17N7O3S/c1-11-2-4-14-16(6-11)31-20-17(14)19-23-18(24-26(19)10-21-20)15-5-3-13(30-15)9-25-8-12(7-22-25)27(28)29/h3,5,7-8,10-11H,2,4,6,9H2,1H3/t11-/m0/s1. The quantitative estimate of drug-likeness (QED) is 0.310. The van der Waals surface area contributed by atoms with Gasteiger partial charge in [-0.25, -0.2) is 14.5 Å². The van der Waals surface area contributed by atoms with E-state index in [1.165, 1.54) is 33.9 Å². The largest absolute Gasteiger partial charge is 0.456 e. The van der Waals surface area contributed by atoms with Gasteiger partial charge in [0.15, 0.2) is 11.4 Å². The zero-order chi connectivity index (χ0) is 21.1. The first kappa shape index (κ1) is 18.2. The summed E-state index contributed by atoms with van der Waals surface area (Å²) in [5.41, 5.74) is 2.10. The van der Waals surface area contributed by atoms with Crippen molar-refractivity contribution in [2.45, 2.75) is 32.7 Å². The van der Waals surface area contributed by atoms with Gasteiger partial charge in [-0.2, -0.15) is 5.10 Å². The van der Waals surface area contributed by atoms with Crippen molar-refractivity contribution < 1.29 is 9.34 Å². The maximum absolute atomic E-state index is 10.8. The molecule has 11 heteroatoms. The lowest BCUT2D eigenvalue weighted by molar-refractivity contribution is -0.385. The van der Waals surface area contributed by atoms with Crippen LogP contribution in [0.25, 0.3) is 27.4 Å². The average Bonchev–Trinajstić information content (AvgIpc) is 3.51. The minimum atomic E-state index is -0.476. The summed E-state index contributed by atoms with van der Waals surface area (Å²) < 4.78 is 9.08. The van der Waals surface area contributed by atoms with Gasteiger partial charge in [-0.1, -0.05) is 6.92 Å². The second-order valence-electron chi connectivity index (χ2n) is 7.90. The van der Waals surface area contributed by atoms with E-state index < -0.39 is 4.92 Å². The van der Waals surface area contributed by atoms with Crippen LogP contribution in [0, 0.1) is 16.0 Å². The van der Waals surface area contributed by atoms with Crippen molar-refractivity contribution in [1.29, 1.82) is 0 Å². The third-order valence-corrected chi connectivity index (χ3v) is 6.82. The van der Waals surface area contributed by atoms with Crippen LogP contribution in [0.2, 0.25) is 0 Å². The molecule has 1 aliphatic carbocycles. The fraction of sp³-hybridized carbons (Fsp3) is 0.300. The Morgan fingerprint density at radius 3 is 3.13 bits per heavy atom. The Kier molecular flexibility index (Phi) is 3.93. The molecule has 31 heavy (non-hydrogen) atoms. The summed E-state index contributed by atoms with van der Waals surface area (Å²) in [6.45, 7) is 2.57. The number of nitrogens with zero attached hydrogens (tertiary/aromatic N) is 7. The monoisotopic (exact) mass is 435 g/mol. The van der Waals surface area contributed by atoms with Crippen LogP contribution in [-0.2, 0) is 19.4 Å². The first-order chi connectivity index (χ1) is 15.0. The summed E-state index contributed by atoms with van der Waals surface area (Å²) in [4.78, 5) is 22.1. The molecule has 0 bridgehead atoms. The van der Waals surface area contributed by atoms with Gasteiger partial charge in [0.2, 0.25) is 5.82 Å². The van der Waals surface area contributed by atoms with Crippen molar-refractivity contribution in [3.8, 4) is 11.6 Å². The summed E-state index contributed by atoms with van der Waals surface area (Å²) in [5, 5.41) is 20.5. The molecule has 0 spiro atoms. The van der Waals surface area contributed by atoms with Gasteiger partial charge in [0.05, 0.1) is 16.9 Å². The molecule has 0 aliphatic heterocycles. The molecular weight excluding hydrogens is 418 g/mol. The van der Waals surface area contributed by atoms with Gasteiger partial charge < -0.3 is 4.42 Å². The molecule has 10 nitrogen and oxygen atoms in total. The SMILES string of the molecule is C[C@H]1CCc2c(sc3ncn4nc(-c5ccc(Cn6cc([N+](=O)[O-])cn6)o5)nc4c23)C1. The Morgan fingerprint density at radius 1 is 1.39 bits per heavy atom. The van der Waals surface area contributed by atoms with Gasteiger partial charge in [0.25, 0.3) is 0 Å². The number of nitro groups is 1. The van der Waals surface area contributed by atoms with Crippen LogP contribution in [0.15, 0.2) is 35.3 Å². The third kappa shape index (κ3) is 3.00. The predicted molar refractivity (Wildman–Crippen MR) is 113 cm³/mol. The number of aryl methyl sites for hydroxylation is 1. The molecule has 6 rings (SSSR count). The van der Waals surface area contributed by atoms with Crippen molar-refractivity contribution in [1.82, 2.24) is 29.4 Å². The molecule has 0 saturated carbocycles. The lowest BCUT2D eigenvalue weighted by Crippen LogP contribution is -2.08. The van der Waals surface area contributed by atoms with E-state index in [9.17, 15) is 10.1 Å². The topological polar surface area (TPSA) is 117 Å². The molecule has 1 atom stereocenters. The van der Waals surface area contributed by atoms with Gasteiger partial charge >= 0.3 is 5.69 Å².